The van der Waals surface area contributed by atoms with Crippen LogP contribution < -0.4 is 4.18 Å². The molecule has 0 aliphatic rings. The standard InChI is InChI=1S/C12H18O8S2.2Na.2H/c13-11-3-5-12(6-4-11)20-22(17,18)10-2-8-19-7-1-9-21(14,15)16;;;;/h3-6,13H,1-2,7-10H2,(H,14,15,16);;;;. The van der Waals surface area contributed by atoms with Gasteiger partial charge in [0.15, 0.2) is 0 Å². The van der Waals surface area contributed by atoms with E-state index in [2.05, 4.69) is 0 Å². The molecule has 1 aromatic carbocycles. The van der Waals surface area contributed by atoms with Gasteiger partial charge < -0.3 is 14.0 Å². The van der Waals surface area contributed by atoms with E-state index >= 15 is 0 Å². The summed E-state index contributed by atoms with van der Waals surface area (Å²) in [7, 11) is -7.75. The van der Waals surface area contributed by atoms with Crippen molar-refractivity contribution in [1.82, 2.24) is 0 Å². The molecule has 0 bridgehead atoms. The Morgan fingerprint density at radius 3 is 1.88 bits per heavy atom. The van der Waals surface area contributed by atoms with Crippen LogP contribution in [0.4, 0.5) is 0 Å². The molecular weight excluding hydrogens is 382 g/mol. The Labute approximate surface area is 186 Å². The first-order chi connectivity index (χ1) is 10.2. The van der Waals surface area contributed by atoms with E-state index in [1.165, 1.54) is 24.3 Å². The third-order valence-corrected chi connectivity index (χ3v) is 4.47. The SMILES string of the molecule is O=S(=O)(O)CCCOCCCS(=O)(=O)Oc1ccc(O)cc1.[NaH].[NaH]. The van der Waals surface area contributed by atoms with Crippen molar-refractivity contribution in [3.63, 3.8) is 0 Å². The zero-order valence-electron chi connectivity index (χ0n) is 11.7. The molecule has 8 nitrogen and oxygen atoms in total. The third-order valence-electron chi connectivity index (χ3n) is 2.43. The Bertz CT molecular complexity index is 659. The van der Waals surface area contributed by atoms with Gasteiger partial charge in [0.25, 0.3) is 10.1 Å². The summed E-state index contributed by atoms with van der Waals surface area (Å²) >= 11 is 0. The van der Waals surface area contributed by atoms with Crippen LogP contribution in [-0.2, 0) is 25.0 Å². The van der Waals surface area contributed by atoms with Crippen molar-refractivity contribution in [2.24, 2.45) is 0 Å². The molecule has 0 aliphatic carbocycles. The van der Waals surface area contributed by atoms with E-state index in [1.807, 2.05) is 0 Å². The van der Waals surface area contributed by atoms with Crippen molar-refractivity contribution in [1.29, 1.82) is 0 Å². The zero-order chi connectivity index (χ0) is 16.6. The number of phenols is 1. The molecule has 0 unspecified atom stereocenters. The first kappa shape index (κ1) is 26.9. The Kier molecular flexibility index (Phi) is 14.4. The first-order valence-corrected chi connectivity index (χ1v) is 9.61. The summed E-state index contributed by atoms with van der Waals surface area (Å²) in [5, 5.41) is 9.07. The molecule has 1 rings (SSSR count). The average Bonchev–Trinajstić information content (AvgIpc) is 2.39. The number of benzene rings is 1. The van der Waals surface area contributed by atoms with Crippen LogP contribution in [0.1, 0.15) is 12.8 Å². The quantitative estimate of drug-likeness (QED) is 0.232. The molecule has 0 aliphatic heterocycles. The van der Waals surface area contributed by atoms with Gasteiger partial charge in [-0.15, -0.1) is 0 Å². The molecule has 2 N–H and O–H groups in total. The average molecular weight is 402 g/mol. The molecule has 130 valence electrons. The topological polar surface area (TPSA) is 127 Å². The third kappa shape index (κ3) is 13.9. The summed E-state index contributed by atoms with van der Waals surface area (Å²) in [6.07, 6.45) is 0.321. The maximum absolute atomic E-state index is 11.7. The monoisotopic (exact) mass is 402 g/mol. The molecule has 0 aromatic heterocycles. The maximum atomic E-state index is 11.7. The van der Waals surface area contributed by atoms with Gasteiger partial charge in [-0.3, -0.25) is 4.55 Å². The van der Waals surface area contributed by atoms with Crippen molar-refractivity contribution in [2.75, 3.05) is 24.7 Å². The van der Waals surface area contributed by atoms with E-state index in [-0.39, 0.29) is 102 Å². The summed E-state index contributed by atoms with van der Waals surface area (Å²) in [4.78, 5) is 0. The molecule has 0 amide bonds. The molecule has 12 heteroatoms. The fourth-order valence-corrected chi connectivity index (χ4v) is 2.91. The zero-order valence-corrected chi connectivity index (χ0v) is 13.3. The van der Waals surface area contributed by atoms with E-state index in [0.717, 1.165) is 0 Å². The number of hydrogen-bond donors (Lipinski definition) is 2. The molecule has 0 saturated carbocycles. The molecule has 0 spiro atoms. The van der Waals surface area contributed by atoms with E-state index in [1.54, 1.807) is 0 Å². The molecule has 24 heavy (non-hydrogen) atoms. The van der Waals surface area contributed by atoms with Gasteiger partial charge in [-0.05, 0) is 37.1 Å². The second-order valence-corrected chi connectivity index (χ2v) is 7.71. The summed E-state index contributed by atoms with van der Waals surface area (Å²) in [6, 6.07) is 5.28. The van der Waals surface area contributed by atoms with Crippen LogP contribution in [0.2, 0.25) is 0 Å². The number of aromatic hydroxyl groups is 1. The Balaban J connectivity index is 0. The Morgan fingerprint density at radius 2 is 1.38 bits per heavy atom. The second kappa shape index (κ2) is 12.9. The molecular formula is C12H20Na2O8S2. The second-order valence-electron chi connectivity index (χ2n) is 4.44. The van der Waals surface area contributed by atoms with E-state index in [9.17, 15) is 16.8 Å². The fourth-order valence-electron chi connectivity index (χ4n) is 1.47. The van der Waals surface area contributed by atoms with Gasteiger partial charge in [-0.2, -0.15) is 16.8 Å². The van der Waals surface area contributed by atoms with Crippen molar-refractivity contribution in [3.8, 4) is 11.5 Å². The van der Waals surface area contributed by atoms with Crippen LogP contribution in [-0.4, -0.2) is 110 Å². The normalized spacial score (nSPS) is 11.2. The van der Waals surface area contributed by atoms with E-state index < -0.39 is 26.0 Å². The van der Waals surface area contributed by atoms with Gasteiger partial charge in [0.1, 0.15) is 11.5 Å². The molecule has 0 radical (unpaired) electrons. The van der Waals surface area contributed by atoms with Crippen molar-refractivity contribution >= 4 is 79.4 Å². The van der Waals surface area contributed by atoms with Crippen LogP contribution in [0.5, 0.6) is 11.5 Å². The van der Waals surface area contributed by atoms with Crippen LogP contribution in [0.15, 0.2) is 24.3 Å². The van der Waals surface area contributed by atoms with Gasteiger partial charge in [0.05, 0.1) is 11.5 Å². The fraction of sp³-hybridized carbons (Fsp3) is 0.500. The predicted octanol–water partition coefficient (Wildman–Crippen LogP) is -0.512. The Hall–Kier alpha value is 0.640. The van der Waals surface area contributed by atoms with E-state index in [4.69, 9.17) is 18.6 Å². The predicted molar refractivity (Wildman–Crippen MR) is 93.3 cm³/mol. The number of ether oxygens (including phenoxy) is 1. The summed E-state index contributed by atoms with van der Waals surface area (Å²) in [5.41, 5.74) is 0. The van der Waals surface area contributed by atoms with E-state index in [0.29, 0.717) is 0 Å². The summed E-state index contributed by atoms with van der Waals surface area (Å²) < 4.78 is 62.5. The van der Waals surface area contributed by atoms with Gasteiger partial charge in [-0.25, -0.2) is 0 Å². The van der Waals surface area contributed by atoms with Crippen LogP contribution >= 0.6 is 0 Å². The minimum atomic E-state index is -3.99. The molecule has 0 heterocycles. The van der Waals surface area contributed by atoms with Crippen LogP contribution in [0, 0.1) is 0 Å². The Morgan fingerprint density at radius 1 is 0.875 bits per heavy atom. The number of rotatable bonds is 10. The van der Waals surface area contributed by atoms with Crippen LogP contribution in [0.25, 0.3) is 0 Å². The number of phenolic OH excluding ortho intramolecular Hbond substituents is 1. The minimum absolute atomic E-state index is 0. The summed E-state index contributed by atoms with van der Waals surface area (Å²) in [5.74, 6) is -0.545. The molecule has 1 aromatic rings. The van der Waals surface area contributed by atoms with Gasteiger partial charge in [-0.1, -0.05) is 0 Å². The van der Waals surface area contributed by atoms with Gasteiger partial charge in [0.2, 0.25) is 0 Å². The first-order valence-electron chi connectivity index (χ1n) is 6.42. The van der Waals surface area contributed by atoms with Crippen LogP contribution in [0.3, 0.4) is 0 Å². The number of hydrogen-bond acceptors (Lipinski definition) is 7. The molecule has 0 saturated heterocycles. The van der Waals surface area contributed by atoms with Gasteiger partial charge in [0, 0.05) is 13.2 Å². The van der Waals surface area contributed by atoms with Crippen molar-refractivity contribution in [3.05, 3.63) is 24.3 Å². The molecule has 0 fully saturated rings. The van der Waals surface area contributed by atoms with Gasteiger partial charge >= 0.3 is 69.2 Å². The van der Waals surface area contributed by atoms with Crippen molar-refractivity contribution in [2.45, 2.75) is 12.8 Å². The molecule has 0 atom stereocenters. The summed E-state index contributed by atoms with van der Waals surface area (Å²) in [6.45, 7) is 0.238. The van der Waals surface area contributed by atoms with Crippen molar-refractivity contribution < 1.29 is 35.4 Å².